The first kappa shape index (κ1) is 10.4. The van der Waals surface area contributed by atoms with Crippen LogP contribution >= 0.6 is 34.8 Å². The van der Waals surface area contributed by atoms with Crippen molar-refractivity contribution in [3.63, 3.8) is 0 Å². The highest BCUT2D eigenvalue weighted by Gasteiger charge is 2.20. The van der Waals surface area contributed by atoms with E-state index in [9.17, 15) is 0 Å². The Morgan fingerprint density at radius 1 is 1.14 bits per heavy atom. The zero-order chi connectivity index (χ0) is 10.1. The molecule has 1 aromatic rings. The van der Waals surface area contributed by atoms with Gasteiger partial charge in [0.1, 0.15) is 0 Å². The van der Waals surface area contributed by atoms with E-state index < -0.39 is 0 Å². The van der Waals surface area contributed by atoms with Crippen molar-refractivity contribution in [2.45, 2.75) is 6.04 Å². The van der Waals surface area contributed by atoms with Gasteiger partial charge in [-0.1, -0.05) is 34.8 Å². The maximum absolute atomic E-state index is 5.99. The minimum absolute atomic E-state index is 0.297. The van der Waals surface area contributed by atoms with E-state index >= 15 is 0 Å². The Labute approximate surface area is 97.1 Å². The summed E-state index contributed by atoms with van der Waals surface area (Å²) in [4.78, 5) is 0. The number of ether oxygens (including phenoxy) is 1. The topological polar surface area (TPSA) is 21.3 Å². The normalized spacial score (nSPS) is 16.5. The third-order valence-corrected chi connectivity index (χ3v) is 2.81. The summed E-state index contributed by atoms with van der Waals surface area (Å²) in [7, 11) is 0. The van der Waals surface area contributed by atoms with Crippen LogP contribution < -0.4 is 5.32 Å². The van der Waals surface area contributed by atoms with Crippen LogP contribution in [0.2, 0.25) is 15.1 Å². The van der Waals surface area contributed by atoms with Gasteiger partial charge >= 0.3 is 0 Å². The van der Waals surface area contributed by atoms with Crippen molar-refractivity contribution in [2.24, 2.45) is 0 Å². The van der Waals surface area contributed by atoms with Crippen LogP contribution in [0.3, 0.4) is 0 Å². The molecule has 0 aromatic heterocycles. The third-order valence-electron chi connectivity index (χ3n) is 1.99. The lowest BCUT2D eigenvalue weighted by Gasteiger charge is -2.28. The second-order valence-electron chi connectivity index (χ2n) is 3.12. The molecule has 0 unspecified atom stereocenters. The van der Waals surface area contributed by atoms with E-state index in [1.165, 1.54) is 0 Å². The van der Waals surface area contributed by atoms with Gasteiger partial charge in [-0.2, -0.15) is 0 Å². The van der Waals surface area contributed by atoms with Gasteiger partial charge in [-0.25, -0.2) is 0 Å². The first-order valence-electron chi connectivity index (χ1n) is 4.15. The molecule has 0 radical (unpaired) electrons. The molecule has 1 saturated heterocycles. The van der Waals surface area contributed by atoms with E-state index in [4.69, 9.17) is 39.5 Å². The Morgan fingerprint density at radius 3 is 2.14 bits per heavy atom. The molecule has 1 heterocycles. The van der Waals surface area contributed by atoms with E-state index in [1.807, 2.05) is 0 Å². The highest BCUT2D eigenvalue weighted by atomic mass is 35.5. The summed E-state index contributed by atoms with van der Waals surface area (Å²) in [5.74, 6) is 0. The lowest BCUT2D eigenvalue weighted by atomic mass is 10.2. The van der Waals surface area contributed by atoms with Crippen molar-refractivity contribution in [3.05, 3.63) is 27.2 Å². The van der Waals surface area contributed by atoms with E-state index in [0.717, 1.165) is 5.69 Å². The highest BCUT2D eigenvalue weighted by molar-refractivity contribution is 6.41. The molecule has 1 aromatic carbocycles. The Hall–Kier alpha value is -0.150. The van der Waals surface area contributed by atoms with Gasteiger partial charge in [0.2, 0.25) is 0 Å². The summed E-state index contributed by atoms with van der Waals surface area (Å²) in [5.41, 5.74) is 0.728. The van der Waals surface area contributed by atoms with Gasteiger partial charge in [-0.05, 0) is 12.1 Å². The summed E-state index contributed by atoms with van der Waals surface area (Å²) >= 11 is 17.8. The van der Waals surface area contributed by atoms with Gasteiger partial charge in [-0.3, -0.25) is 0 Å². The van der Waals surface area contributed by atoms with Crippen LogP contribution in [-0.4, -0.2) is 19.3 Å². The fourth-order valence-corrected chi connectivity index (χ4v) is 2.13. The molecule has 2 rings (SSSR count). The lowest BCUT2D eigenvalue weighted by molar-refractivity contribution is 0.0211. The van der Waals surface area contributed by atoms with Crippen molar-refractivity contribution in [1.29, 1.82) is 0 Å². The molecule has 14 heavy (non-hydrogen) atoms. The maximum Gasteiger partial charge on any atom is 0.0729 e. The molecule has 0 aliphatic carbocycles. The number of hydrogen-bond acceptors (Lipinski definition) is 2. The molecular weight excluding hydrogens is 244 g/mol. The highest BCUT2D eigenvalue weighted by Crippen LogP contribution is 2.34. The molecule has 1 aliphatic heterocycles. The third kappa shape index (κ3) is 2.09. The largest absolute Gasteiger partial charge is 0.377 e. The van der Waals surface area contributed by atoms with Crippen LogP contribution in [-0.2, 0) is 4.74 Å². The van der Waals surface area contributed by atoms with Crippen molar-refractivity contribution in [3.8, 4) is 0 Å². The number of hydrogen-bond donors (Lipinski definition) is 1. The van der Waals surface area contributed by atoms with E-state index in [2.05, 4.69) is 5.32 Å². The minimum atomic E-state index is 0.297. The fourth-order valence-electron chi connectivity index (χ4n) is 1.20. The van der Waals surface area contributed by atoms with Gasteiger partial charge < -0.3 is 10.1 Å². The van der Waals surface area contributed by atoms with Crippen LogP contribution in [0.5, 0.6) is 0 Å². The molecule has 0 amide bonds. The predicted molar refractivity (Wildman–Crippen MR) is 59.7 cm³/mol. The monoisotopic (exact) mass is 251 g/mol. The van der Waals surface area contributed by atoms with Crippen LogP contribution in [0.1, 0.15) is 0 Å². The molecule has 76 valence electrons. The molecule has 5 heteroatoms. The van der Waals surface area contributed by atoms with E-state index in [1.54, 1.807) is 12.1 Å². The molecule has 0 atom stereocenters. The average molecular weight is 253 g/mol. The van der Waals surface area contributed by atoms with Crippen molar-refractivity contribution in [1.82, 2.24) is 0 Å². The molecule has 1 fully saturated rings. The summed E-state index contributed by atoms with van der Waals surface area (Å²) in [5, 5.41) is 4.80. The lowest BCUT2D eigenvalue weighted by Crippen LogP contribution is -2.40. The Kier molecular flexibility index (Phi) is 3.07. The molecular formula is C9H8Cl3NO. The quantitative estimate of drug-likeness (QED) is 0.870. The Morgan fingerprint density at radius 2 is 1.71 bits per heavy atom. The Bertz CT molecular complexity index is 329. The van der Waals surface area contributed by atoms with Gasteiger partial charge in [0, 0.05) is 5.02 Å². The smallest absolute Gasteiger partial charge is 0.0729 e. The first-order valence-corrected chi connectivity index (χ1v) is 5.29. The van der Waals surface area contributed by atoms with Crippen LogP contribution in [0.15, 0.2) is 12.1 Å². The molecule has 0 spiro atoms. The molecule has 1 aliphatic rings. The summed E-state index contributed by atoms with van der Waals surface area (Å²) < 4.78 is 5.04. The molecule has 2 nitrogen and oxygen atoms in total. The van der Waals surface area contributed by atoms with Gasteiger partial charge in [0.05, 0.1) is 35.0 Å². The number of nitrogens with one attached hydrogen (secondary N) is 1. The maximum atomic E-state index is 5.99. The number of halogens is 3. The van der Waals surface area contributed by atoms with Crippen molar-refractivity contribution < 1.29 is 4.74 Å². The van der Waals surface area contributed by atoms with Gasteiger partial charge in [-0.15, -0.1) is 0 Å². The number of benzene rings is 1. The number of anilines is 1. The van der Waals surface area contributed by atoms with E-state index in [0.29, 0.717) is 34.3 Å². The Balaban J connectivity index is 2.22. The zero-order valence-corrected chi connectivity index (χ0v) is 9.46. The summed E-state index contributed by atoms with van der Waals surface area (Å²) in [6.07, 6.45) is 0. The number of rotatable bonds is 2. The second kappa shape index (κ2) is 4.15. The van der Waals surface area contributed by atoms with Crippen LogP contribution in [0.4, 0.5) is 5.69 Å². The standard InChI is InChI=1S/C9H8Cl3NO/c10-5-1-7(11)9(8(12)2-5)13-6-3-14-4-6/h1-2,6,13H,3-4H2. The first-order chi connectivity index (χ1) is 6.66. The fraction of sp³-hybridized carbons (Fsp3) is 0.333. The van der Waals surface area contributed by atoms with Crippen molar-refractivity contribution >= 4 is 40.5 Å². The molecule has 0 saturated carbocycles. The van der Waals surface area contributed by atoms with Crippen molar-refractivity contribution in [2.75, 3.05) is 18.5 Å². The second-order valence-corrected chi connectivity index (χ2v) is 4.37. The zero-order valence-electron chi connectivity index (χ0n) is 7.19. The summed E-state index contributed by atoms with van der Waals surface area (Å²) in [6, 6.07) is 3.62. The summed E-state index contributed by atoms with van der Waals surface area (Å²) in [6.45, 7) is 1.38. The minimum Gasteiger partial charge on any atom is -0.377 e. The molecule has 0 bridgehead atoms. The predicted octanol–water partition coefficient (Wildman–Crippen LogP) is 3.46. The van der Waals surface area contributed by atoms with Crippen LogP contribution in [0, 0.1) is 0 Å². The molecule has 1 N–H and O–H groups in total. The SMILES string of the molecule is Clc1cc(Cl)c(NC2COC2)c(Cl)c1. The average Bonchev–Trinajstić information content (AvgIpc) is 1.98. The van der Waals surface area contributed by atoms with Crippen LogP contribution in [0.25, 0.3) is 0 Å². The van der Waals surface area contributed by atoms with Gasteiger partial charge in [0.15, 0.2) is 0 Å². The van der Waals surface area contributed by atoms with Gasteiger partial charge in [0.25, 0.3) is 0 Å². The van der Waals surface area contributed by atoms with E-state index in [-0.39, 0.29) is 0 Å².